The van der Waals surface area contributed by atoms with E-state index in [1.807, 2.05) is 17.8 Å². The Kier molecular flexibility index (Phi) is 4.14. The molecule has 3 heteroatoms. The lowest BCUT2D eigenvalue weighted by Crippen LogP contribution is -2.18. The Bertz CT molecular complexity index is 267. The summed E-state index contributed by atoms with van der Waals surface area (Å²) in [4.78, 5) is 4.27. The number of imidazole rings is 1. The van der Waals surface area contributed by atoms with Crippen molar-refractivity contribution in [3.05, 3.63) is 18.2 Å². The summed E-state index contributed by atoms with van der Waals surface area (Å²) in [6, 6.07) is 0.0801. The largest absolute Gasteiger partial charge is 0.337 e. The van der Waals surface area contributed by atoms with E-state index in [0.29, 0.717) is 5.92 Å². The van der Waals surface area contributed by atoms with Gasteiger partial charge < -0.3 is 10.3 Å². The highest BCUT2D eigenvalue weighted by Gasteiger charge is 2.13. The minimum Gasteiger partial charge on any atom is -0.337 e. The van der Waals surface area contributed by atoms with Gasteiger partial charge in [0.25, 0.3) is 0 Å². The molecule has 0 aliphatic carbocycles. The molecular formula is C11H21N3. The summed E-state index contributed by atoms with van der Waals surface area (Å²) < 4.78 is 2.00. The summed E-state index contributed by atoms with van der Waals surface area (Å²) in [6.45, 7) is 4.47. The van der Waals surface area contributed by atoms with Gasteiger partial charge >= 0.3 is 0 Å². The first-order chi connectivity index (χ1) is 6.65. The Morgan fingerprint density at radius 2 is 2.29 bits per heavy atom. The van der Waals surface area contributed by atoms with Crippen LogP contribution >= 0.6 is 0 Å². The highest BCUT2D eigenvalue weighted by Crippen LogP contribution is 2.19. The predicted octanol–water partition coefficient (Wildman–Crippen LogP) is 2.25. The van der Waals surface area contributed by atoms with Gasteiger partial charge in [0.2, 0.25) is 0 Å². The Balaban J connectivity index is 2.50. The van der Waals surface area contributed by atoms with Crippen molar-refractivity contribution >= 4 is 0 Å². The van der Waals surface area contributed by atoms with Gasteiger partial charge in [-0.25, -0.2) is 4.98 Å². The molecule has 0 saturated carbocycles. The van der Waals surface area contributed by atoms with Gasteiger partial charge in [0.1, 0.15) is 5.82 Å². The van der Waals surface area contributed by atoms with E-state index in [1.165, 1.54) is 12.8 Å². The minimum atomic E-state index is 0.0801. The summed E-state index contributed by atoms with van der Waals surface area (Å²) >= 11 is 0. The maximum Gasteiger partial charge on any atom is 0.125 e. The van der Waals surface area contributed by atoms with Crippen molar-refractivity contribution in [1.82, 2.24) is 9.55 Å². The Labute approximate surface area is 86.3 Å². The molecule has 0 aliphatic heterocycles. The lowest BCUT2D eigenvalue weighted by atomic mass is 9.97. The summed E-state index contributed by atoms with van der Waals surface area (Å²) in [6.07, 6.45) is 7.25. The molecule has 80 valence electrons. The molecule has 0 aliphatic rings. The molecule has 1 aromatic heterocycles. The molecule has 1 heterocycles. The van der Waals surface area contributed by atoms with Crippen LogP contribution in [0, 0.1) is 5.92 Å². The third kappa shape index (κ3) is 2.84. The molecule has 0 spiro atoms. The number of hydrogen-bond donors (Lipinski definition) is 1. The van der Waals surface area contributed by atoms with Gasteiger partial charge in [-0.3, -0.25) is 0 Å². The molecule has 1 rings (SSSR count). The van der Waals surface area contributed by atoms with Crippen molar-refractivity contribution < 1.29 is 0 Å². The number of rotatable bonds is 5. The fourth-order valence-electron chi connectivity index (χ4n) is 1.88. The van der Waals surface area contributed by atoms with Gasteiger partial charge in [0.15, 0.2) is 0 Å². The summed E-state index contributed by atoms with van der Waals surface area (Å²) in [5.74, 6) is 1.68. The van der Waals surface area contributed by atoms with Crippen molar-refractivity contribution in [1.29, 1.82) is 0 Å². The lowest BCUT2D eigenvalue weighted by molar-refractivity contribution is 0.425. The Morgan fingerprint density at radius 1 is 1.57 bits per heavy atom. The molecule has 0 saturated heterocycles. The van der Waals surface area contributed by atoms with Gasteiger partial charge in [-0.2, -0.15) is 0 Å². The second-order valence-electron chi connectivity index (χ2n) is 4.13. The standard InChI is InChI=1S/C11H21N3/c1-4-5-9(2)8-10(12)11-13-6-7-14(11)3/h6-7,9-10H,4-5,8,12H2,1-3H3. The van der Waals surface area contributed by atoms with Crippen molar-refractivity contribution in [2.45, 2.75) is 39.2 Å². The SMILES string of the molecule is CCCC(C)CC(N)c1nccn1C. The van der Waals surface area contributed by atoms with E-state index >= 15 is 0 Å². The molecule has 2 unspecified atom stereocenters. The zero-order chi connectivity index (χ0) is 10.6. The molecule has 0 bridgehead atoms. The lowest BCUT2D eigenvalue weighted by Gasteiger charge is -2.16. The van der Waals surface area contributed by atoms with Gasteiger partial charge in [0.05, 0.1) is 6.04 Å². The van der Waals surface area contributed by atoms with E-state index in [9.17, 15) is 0 Å². The second-order valence-corrected chi connectivity index (χ2v) is 4.13. The van der Waals surface area contributed by atoms with Crippen LogP contribution in [0.3, 0.4) is 0 Å². The molecule has 3 nitrogen and oxygen atoms in total. The molecule has 2 N–H and O–H groups in total. The maximum atomic E-state index is 6.09. The molecule has 2 atom stereocenters. The first-order valence-corrected chi connectivity index (χ1v) is 5.38. The van der Waals surface area contributed by atoms with Crippen molar-refractivity contribution in [3.63, 3.8) is 0 Å². The van der Waals surface area contributed by atoms with Crippen LogP contribution in [0.15, 0.2) is 12.4 Å². The number of aromatic nitrogens is 2. The zero-order valence-corrected chi connectivity index (χ0v) is 9.40. The smallest absolute Gasteiger partial charge is 0.125 e. The van der Waals surface area contributed by atoms with E-state index in [4.69, 9.17) is 5.73 Å². The minimum absolute atomic E-state index is 0.0801. The fourth-order valence-corrected chi connectivity index (χ4v) is 1.88. The predicted molar refractivity (Wildman–Crippen MR) is 58.8 cm³/mol. The summed E-state index contributed by atoms with van der Waals surface area (Å²) in [5, 5.41) is 0. The summed E-state index contributed by atoms with van der Waals surface area (Å²) in [5.41, 5.74) is 6.09. The number of nitrogens with zero attached hydrogens (tertiary/aromatic N) is 2. The Morgan fingerprint density at radius 3 is 2.79 bits per heavy atom. The van der Waals surface area contributed by atoms with Crippen LogP contribution < -0.4 is 5.73 Å². The molecule has 0 fully saturated rings. The summed E-state index contributed by atoms with van der Waals surface area (Å²) in [7, 11) is 1.99. The third-order valence-corrected chi connectivity index (χ3v) is 2.63. The van der Waals surface area contributed by atoms with E-state index in [0.717, 1.165) is 12.2 Å². The van der Waals surface area contributed by atoms with Crippen LogP contribution in [0.1, 0.15) is 45.0 Å². The number of nitrogens with two attached hydrogens (primary N) is 1. The average Bonchev–Trinajstić information content (AvgIpc) is 2.51. The van der Waals surface area contributed by atoms with E-state index in [2.05, 4.69) is 18.8 Å². The van der Waals surface area contributed by atoms with Crippen LogP contribution in [0.4, 0.5) is 0 Å². The molecule has 14 heavy (non-hydrogen) atoms. The fraction of sp³-hybridized carbons (Fsp3) is 0.727. The normalized spacial score (nSPS) is 15.4. The highest BCUT2D eigenvalue weighted by atomic mass is 15.1. The topological polar surface area (TPSA) is 43.8 Å². The molecular weight excluding hydrogens is 174 g/mol. The molecule has 0 radical (unpaired) electrons. The monoisotopic (exact) mass is 195 g/mol. The van der Waals surface area contributed by atoms with Crippen LogP contribution in [0.5, 0.6) is 0 Å². The molecule has 0 amide bonds. The maximum absolute atomic E-state index is 6.09. The second kappa shape index (κ2) is 5.15. The van der Waals surface area contributed by atoms with E-state index < -0.39 is 0 Å². The molecule has 0 aromatic carbocycles. The van der Waals surface area contributed by atoms with Crippen molar-refractivity contribution in [3.8, 4) is 0 Å². The van der Waals surface area contributed by atoms with Gasteiger partial charge in [-0.15, -0.1) is 0 Å². The van der Waals surface area contributed by atoms with E-state index in [-0.39, 0.29) is 6.04 Å². The van der Waals surface area contributed by atoms with E-state index in [1.54, 1.807) is 6.20 Å². The first-order valence-electron chi connectivity index (χ1n) is 5.38. The number of aryl methyl sites for hydroxylation is 1. The molecule has 1 aromatic rings. The third-order valence-electron chi connectivity index (χ3n) is 2.63. The average molecular weight is 195 g/mol. The quantitative estimate of drug-likeness (QED) is 0.783. The van der Waals surface area contributed by atoms with Gasteiger partial charge in [-0.05, 0) is 12.3 Å². The number of hydrogen-bond acceptors (Lipinski definition) is 2. The van der Waals surface area contributed by atoms with Crippen molar-refractivity contribution in [2.75, 3.05) is 0 Å². The van der Waals surface area contributed by atoms with Gasteiger partial charge in [0, 0.05) is 19.4 Å². The van der Waals surface area contributed by atoms with Crippen LogP contribution in [-0.4, -0.2) is 9.55 Å². The van der Waals surface area contributed by atoms with Gasteiger partial charge in [-0.1, -0.05) is 26.7 Å². The highest BCUT2D eigenvalue weighted by molar-refractivity contribution is 4.97. The zero-order valence-electron chi connectivity index (χ0n) is 9.40. The first kappa shape index (κ1) is 11.2. The van der Waals surface area contributed by atoms with Crippen LogP contribution in [0.25, 0.3) is 0 Å². The van der Waals surface area contributed by atoms with Crippen molar-refractivity contribution in [2.24, 2.45) is 18.7 Å². The van der Waals surface area contributed by atoms with Crippen LogP contribution in [-0.2, 0) is 7.05 Å². The van der Waals surface area contributed by atoms with Crippen LogP contribution in [0.2, 0.25) is 0 Å². The Hall–Kier alpha value is -0.830.